The number of alkyl halides is 1. The highest BCUT2D eigenvalue weighted by Crippen LogP contribution is 2.21. The number of anilines is 1. The van der Waals surface area contributed by atoms with Crippen LogP contribution in [0.1, 0.15) is 31.3 Å². The Morgan fingerprint density at radius 2 is 1.80 bits per heavy atom. The van der Waals surface area contributed by atoms with Gasteiger partial charge in [-0.05, 0) is 0 Å². The quantitative estimate of drug-likeness (QED) is 0.656. The first kappa shape index (κ1) is 17.1. The number of hydrogen-bond acceptors (Lipinski definition) is 5. The lowest BCUT2D eigenvalue weighted by Gasteiger charge is -2.25. The molecule has 20 heavy (non-hydrogen) atoms. The molecule has 0 aliphatic carbocycles. The second-order valence-corrected chi connectivity index (χ2v) is 5.09. The van der Waals surface area contributed by atoms with Crippen LogP contribution in [0.2, 0.25) is 0 Å². The van der Waals surface area contributed by atoms with E-state index in [0.717, 1.165) is 30.3 Å². The van der Waals surface area contributed by atoms with Gasteiger partial charge in [0.25, 0.3) is 0 Å². The fourth-order valence-electron chi connectivity index (χ4n) is 1.82. The zero-order chi connectivity index (χ0) is 15.0. The molecule has 0 radical (unpaired) electrons. The van der Waals surface area contributed by atoms with Gasteiger partial charge in [0.1, 0.15) is 5.82 Å². The molecule has 1 heterocycles. The Bertz CT molecular complexity index is 394. The van der Waals surface area contributed by atoms with Crippen molar-refractivity contribution in [1.29, 1.82) is 0 Å². The van der Waals surface area contributed by atoms with E-state index in [0.29, 0.717) is 19.1 Å². The first-order valence-electron chi connectivity index (χ1n) is 6.78. The van der Waals surface area contributed by atoms with Gasteiger partial charge in [0.15, 0.2) is 0 Å². The van der Waals surface area contributed by atoms with E-state index in [1.165, 1.54) is 0 Å². The summed E-state index contributed by atoms with van der Waals surface area (Å²) in [6.45, 7) is 6.93. The van der Waals surface area contributed by atoms with Crippen LogP contribution in [0.4, 0.5) is 5.69 Å². The Hall–Kier alpha value is -0.910. The van der Waals surface area contributed by atoms with Crippen LogP contribution in [0.3, 0.4) is 0 Å². The molecule has 6 heteroatoms. The van der Waals surface area contributed by atoms with E-state index in [1.54, 1.807) is 14.2 Å². The van der Waals surface area contributed by atoms with Crippen LogP contribution in [0.15, 0.2) is 6.20 Å². The number of nitrogens with zero attached hydrogens (tertiary/aromatic N) is 3. The second kappa shape index (κ2) is 9.10. The summed E-state index contributed by atoms with van der Waals surface area (Å²) < 4.78 is 10.3. The highest BCUT2D eigenvalue weighted by atomic mass is 35.5. The van der Waals surface area contributed by atoms with E-state index in [4.69, 9.17) is 21.1 Å². The number of aromatic nitrogens is 2. The predicted octanol–water partition coefficient (Wildman–Crippen LogP) is 2.44. The highest BCUT2D eigenvalue weighted by molar-refractivity contribution is 6.17. The van der Waals surface area contributed by atoms with E-state index in [9.17, 15) is 0 Å². The molecule has 114 valence electrons. The molecule has 0 aliphatic heterocycles. The normalized spacial score (nSPS) is 11.1. The van der Waals surface area contributed by atoms with E-state index < -0.39 is 0 Å². The fraction of sp³-hybridized carbons (Fsp3) is 0.714. The number of hydrogen-bond donors (Lipinski definition) is 0. The maximum absolute atomic E-state index is 6.04. The molecule has 1 aromatic rings. The maximum atomic E-state index is 6.04. The Morgan fingerprint density at radius 3 is 2.25 bits per heavy atom. The lowest BCUT2D eigenvalue weighted by Crippen LogP contribution is -2.32. The lowest BCUT2D eigenvalue weighted by molar-refractivity contribution is 0.190. The Balaban J connectivity index is 2.98. The molecule has 0 saturated carbocycles. The molecule has 0 aromatic carbocycles. The first-order valence-corrected chi connectivity index (χ1v) is 7.32. The third kappa shape index (κ3) is 4.89. The van der Waals surface area contributed by atoms with Crippen molar-refractivity contribution in [1.82, 2.24) is 9.97 Å². The average Bonchev–Trinajstić information content (AvgIpc) is 2.47. The maximum Gasteiger partial charge on any atom is 0.131 e. The molecule has 0 aliphatic rings. The van der Waals surface area contributed by atoms with Gasteiger partial charge < -0.3 is 14.4 Å². The standard InChI is InChI=1S/C14H24ClN3O2/c1-11(2)14-16-10-13(12(9-15)17-14)18(5-7-19-3)6-8-20-4/h10-11H,5-9H2,1-4H3. The van der Waals surface area contributed by atoms with Gasteiger partial charge in [-0.15, -0.1) is 11.6 Å². The molecule has 1 aromatic heterocycles. The summed E-state index contributed by atoms with van der Waals surface area (Å²) in [4.78, 5) is 11.1. The minimum Gasteiger partial charge on any atom is -0.383 e. The summed E-state index contributed by atoms with van der Waals surface area (Å²) in [5.74, 6) is 1.48. The Kier molecular flexibility index (Phi) is 7.80. The zero-order valence-electron chi connectivity index (χ0n) is 12.7. The van der Waals surface area contributed by atoms with Crippen molar-refractivity contribution in [2.24, 2.45) is 0 Å². The molecule has 0 atom stereocenters. The molecule has 0 saturated heterocycles. The molecule has 0 bridgehead atoms. The molecule has 5 nitrogen and oxygen atoms in total. The molecule has 0 spiro atoms. The average molecular weight is 302 g/mol. The Labute approximate surface area is 126 Å². The molecule has 0 unspecified atom stereocenters. The largest absolute Gasteiger partial charge is 0.383 e. The van der Waals surface area contributed by atoms with Crippen LogP contribution < -0.4 is 4.90 Å². The number of rotatable bonds is 9. The molecular formula is C14H24ClN3O2. The van der Waals surface area contributed by atoms with Crippen LogP contribution >= 0.6 is 11.6 Å². The molecule has 0 N–H and O–H groups in total. The minimum absolute atomic E-state index is 0.289. The molecule has 0 fully saturated rings. The first-order chi connectivity index (χ1) is 9.63. The van der Waals surface area contributed by atoms with Crippen molar-refractivity contribution >= 4 is 17.3 Å². The topological polar surface area (TPSA) is 47.5 Å². The molecular weight excluding hydrogens is 278 g/mol. The van der Waals surface area contributed by atoms with Crippen LogP contribution in [0, 0.1) is 0 Å². The third-order valence-electron chi connectivity index (χ3n) is 2.98. The molecule has 1 rings (SSSR count). The number of halogens is 1. The van der Waals surface area contributed by atoms with Gasteiger partial charge >= 0.3 is 0 Å². The summed E-state index contributed by atoms with van der Waals surface area (Å²) in [6, 6.07) is 0. The monoisotopic (exact) mass is 301 g/mol. The summed E-state index contributed by atoms with van der Waals surface area (Å²) in [7, 11) is 3.38. The van der Waals surface area contributed by atoms with Crippen molar-refractivity contribution in [3.05, 3.63) is 17.7 Å². The van der Waals surface area contributed by atoms with E-state index in [-0.39, 0.29) is 5.92 Å². The van der Waals surface area contributed by atoms with Crippen molar-refractivity contribution < 1.29 is 9.47 Å². The summed E-state index contributed by atoms with van der Waals surface area (Å²) in [5.41, 5.74) is 1.82. The van der Waals surface area contributed by atoms with Crippen LogP contribution in [-0.4, -0.2) is 50.5 Å². The van der Waals surface area contributed by atoms with Gasteiger partial charge in [-0.2, -0.15) is 0 Å². The predicted molar refractivity (Wildman–Crippen MR) is 81.6 cm³/mol. The van der Waals surface area contributed by atoms with Gasteiger partial charge in [-0.25, -0.2) is 9.97 Å². The van der Waals surface area contributed by atoms with Gasteiger partial charge in [-0.3, -0.25) is 0 Å². The molecule has 0 amide bonds. The van der Waals surface area contributed by atoms with Crippen LogP contribution in [0.25, 0.3) is 0 Å². The van der Waals surface area contributed by atoms with E-state index >= 15 is 0 Å². The van der Waals surface area contributed by atoms with Crippen molar-refractivity contribution in [2.45, 2.75) is 25.6 Å². The van der Waals surface area contributed by atoms with Crippen molar-refractivity contribution in [2.75, 3.05) is 45.4 Å². The zero-order valence-corrected chi connectivity index (χ0v) is 13.5. The van der Waals surface area contributed by atoms with Crippen LogP contribution in [0.5, 0.6) is 0 Å². The lowest BCUT2D eigenvalue weighted by atomic mass is 10.2. The van der Waals surface area contributed by atoms with Gasteiger partial charge in [0, 0.05) is 33.2 Å². The number of ether oxygens (including phenoxy) is 2. The third-order valence-corrected chi connectivity index (χ3v) is 3.23. The minimum atomic E-state index is 0.289. The summed E-state index contributed by atoms with van der Waals surface area (Å²) >= 11 is 6.04. The SMILES string of the molecule is COCCN(CCOC)c1cnc(C(C)C)nc1CCl. The van der Waals surface area contributed by atoms with Gasteiger partial charge in [0.2, 0.25) is 0 Å². The Morgan fingerprint density at radius 1 is 1.20 bits per heavy atom. The van der Waals surface area contributed by atoms with Gasteiger partial charge in [0.05, 0.1) is 36.7 Å². The second-order valence-electron chi connectivity index (χ2n) is 4.82. The van der Waals surface area contributed by atoms with Crippen molar-refractivity contribution in [3.8, 4) is 0 Å². The van der Waals surface area contributed by atoms with Gasteiger partial charge in [-0.1, -0.05) is 13.8 Å². The van der Waals surface area contributed by atoms with E-state index in [1.807, 2.05) is 6.20 Å². The number of methoxy groups -OCH3 is 2. The summed E-state index contributed by atoms with van der Waals surface area (Å²) in [5, 5.41) is 0. The van der Waals surface area contributed by atoms with Crippen molar-refractivity contribution in [3.63, 3.8) is 0 Å². The highest BCUT2D eigenvalue weighted by Gasteiger charge is 2.14. The van der Waals surface area contributed by atoms with Crippen LogP contribution in [-0.2, 0) is 15.4 Å². The smallest absolute Gasteiger partial charge is 0.131 e. The summed E-state index contributed by atoms with van der Waals surface area (Å²) in [6.07, 6.45) is 1.85. The van der Waals surface area contributed by atoms with E-state index in [2.05, 4.69) is 28.7 Å². The fourth-order valence-corrected chi connectivity index (χ4v) is 2.02.